The van der Waals surface area contributed by atoms with Gasteiger partial charge in [-0.1, -0.05) is 29.5 Å². The van der Waals surface area contributed by atoms with Crippen molar-refractivity contribution in [2.75, 3.05) is 12.1 Å². The number of carbonyl (C=O) groups excluding carboxylic acids is 1. The Morgan fingerprint density at radius 1 is 1.07 bits per heavy atom. The van der Waals surface area contributed by atoms with Crippen molar-refractivity contribution in [1.29, 1.82) is 10.9 Å². The zero-order valence-electron chi connectivity index (χ0n) is 22.4. The molecule has 40 heavy (non-hydrogen) atoms. The van der Waals surface area contributed by atoms with Crippen LogP contribution in [-0.4, -0.2) is 29.1 Å². The van der Waals surface area contributed by atoms with Gasteiger partial charge in [-0.25, -0.2) is 5.01 Å². The molecule has 1 aromatic heterocycles. The summed E-state index contributed by atoms with van der Waals surface area (Å²) in [5, 5.41) is 19.5. The summed E-state index contributed by atoms with van der Waals surface area (Å²) in [4.78, 5) is 13.2. The minimum absolute atomic E-state index is 0.146. The third-order valence-electron chi connectivity index (χ3n) is 7.54. The second-order valence-electron chi connectivity index (χ2n) is 10.0. The molecule has 2 aliphatic rings. The number of nitrogens with zero attached hydrogens (tertiary/aromatic N) is 4. The molecule has 0 radical (unpaired) electrons. The Kier molecular flexibility index (Phi) is 6.39. The first-order chi connectivity index (χ1) is 19.4. The van der Waals surface area contributed by atoms with Crippen molar-refractivity contribution in [1.82, 2.24) is 15.1 Å². The van der Waals surface area contributed by atoms with E-state index in [-0.39, 0.29) is 24.7 Å². The number of aromatic nitrogens is 2. The highest BCUT2D eigenvalue weighted by Gasteiger charge is 2.43. The summed E-state index contributed by atoms with van der Waals surface area (Å²) >= 11 is 0. The summed E-state index contributed by atoms with van der Waals surface area (Å²) in [6.07, 6.45) is 0.596. The van der Waals surface area contributed by atoms with E-state index >= 15 is 0 Å². The van der Waals surface area contributed by atoms with Crippen molar-refractivity contribution >= 4 is 17.9 Å². The third kappa shape index (κ3) is 4.32. The molecule has 0 spiro atoms. The van der Waals surface area contributed by atoms with E-state index in [2.05, 4.69) is 46.8 Å². The molecule has 2 unspecified atom stereocenters. The van der Waals surface area contributed by atoms with Crippen LogP contribution in [0.2, 0.25) is 0 Å². The molecule has 2 bridgehead atoms. The van der Waals surface area contributed by atoms with Gasteiger partial charge in [-0.15, -0.1) is 0 Å². The first-order valence-electron chi connectivity index (χ1n) is 13.0. The molecule has 0 saturated heterocycles. The number of hydrogen-bond acceptors (Lipinski definition) is 7. The number of rotatable bonds is 9. The number of hydrogen-bond donors (Lipinski definition) is 3. The van der Waals surface area contributed by atoms with Gasteiger partial charge in [0.25, 0.3) is 5.91 Å². The number of nitrogens with one attached hydrogen (secondary N) is 3. The second kappa shape index (κ2) is 10.0. The molecule has 202 valence electrons. The van der Waals surface area contributed by atoms with Crippen molar-refractivity contribution in [3.63, 3.8) is 0 Å². The zero-order chi connectivity index (χ0) is 28.0. The van der Waals surface area contributed by atoms with E-state index in [9.17, 15) is 4.79 Å². The summed E-state index contributed by atoms with van der Waals surface area (Å²) in [6.45, 7) is 4.95. The van der Waals surface area contributed by atoms with Gasteiger partial charge in [-0.3, -0.25) is 14.9 Å². The molecular formula is C30H29N7O3. The van der Waals surface area contributed by atoms with Crippen molar-refractivity contribution in [2.24, 2.45) is 5.22 Å². The highest BCUT2D eigenvalue weighted by atomic mass is 16.5. The van der Waals surface area contributed by atoms with Crippen LogP contribution in [0.1, 0.15) is 67.3 Å². The monoisotopic (exact) mass is 535 g/mol. The van der Waals surface area contributed by atoms with Gasteiger partial charge < -0.3 is 14.8 Å². The van der Waals surface area contributed by atoms with Crippen LogP contribution in [0.5, 0.6) is 5.75 Å². The third-order valence-corrected chi connectivity index (χ3v) is 7.54. The summed E-state index contributed by atoms with van der Waals surface area (Å²) in [5.74, 6) is 0.370. The van der Waals surface area contributed by atoms with Crippen LogP contribution >= 0.6 is 0 Å². The standard InChI is InChI=1S/C30H29N7O3/c1-17-10-18(2)36(34-17)15-19-4-7-23-25(11-19)28-24-8-5-20(13-26(24)29(23)40-28)30(38)33-14-21-12-22(39-3)6-9-27(21)37(16-31)35-32/h4-13,16,28-29,31-32H,14-15H2,1-3H3,(H,33,38). The average molecular weight is 536 g/mol. The fraction of sp³-hybridized carbons (Fsp3) is 0.233. The molecule has 3 aromatic carbocycles. The van der Waals surface area contributed by atoms with Crippen LogP contribution in [0, 0.1) is 24.8 Å². The number of fused-ring (bicyclic) bond motifs is 8. The predicted octanol–water partition coefficient (Wildman–Crippen LogP) is 5.37. The van der Waals surface area contributed by atoms with Gasteiger partial charge in [0.2, 0.25) is 0 Å². The molecule has 0 saturated carbocycles. The fourth-order valence-corrected chi connectivity index (χ4v) is 5.63. The van der Waals surface area contributed by atoms with Gasteiger partial charge in [-0.05, 0) is 78.1 Å². The minimum Gasteiger partial charge on any atom is -0.497 e. The van der Waals surface area contributed by atoms with E-state index in [1.165, 1.54) is 11.1 Å². The number of benzene rings is 3. The lowest BCUT2D eigenvalue weighted by molar-refractivity contribution is 0.0857. The molecule has 0 fully saturated rings. The van der Waals surface area contributed by atoms with E-state index in [1.54, 1.807) is 25.3 Å². The predicted molar refractivity (Wildman–Crippen MR) is 149 cm³/mol. The van der Waals surface area contributed by atoms with E-state index in [0.717, 1.165) is 39.4 Å². The maximum absolute atomic E-state index is 13.2. The molecule has 3 N–H and O–H groups in total. The number of anilines is 1. The molecule has 10 nitrogen and oxygen atoms in total. The lowest BCUT2D eigenvalue weighted by Crippen LogP contribution is -2.25. The highest BCUT2D eigenvalue weighted by Crippen LogP contribution is 2.54. The SMILES string of the molecule is COc1ccc(N(C=N)N=N)c(CNC(=O)c2ccc3c(c2)C2OC3c3cc(Cn4nc(C)cc4C)ccc32)c1. The Balaban J connectivity index is 1.20. The topological polar surface area (TPSA) is 129 Å². The quantitative estimate of drug-likeness (QED) is 0.115. The van der Waals surface area contributed by atoms with Gasteiger partial charge >= 0.3 is 0 Å². The minimum atomic E-state index is -0.232. The Hall–Kier alpha value is -4.83. The van der Waals surface area contributed by atoms with Gasteiger partial charge in [0.05, 0.1) is 25.0 Å². The van der Waals surface area contributed by atoms with Crippen LogP contribution in [0.25, 0.3) is 0 Å². The largest absolute Gasteiger partial charge is 0.497 e. The van der Waals surface area contributed by atoms with Gasteiger partial charge in [-0.2, -0.15) is 10.6 Å². The molecule has 2 atom stereocenters. The van der Waals surface area contributed by atoms with E-state index in [4.69, 9.17) is 20.4 Å². The molecule has 0 aliphatic carbocycles. The maximum atomic E-state index is 13.2. The van der Waals surface area contributed by atoms with Crippen LogP contribution in [0.15, 0.2) is 65.9 Å². The van der Waals surface area contributed by atoms with Crippen molar-refractivity contribution in [2.45, 2.75) is 39.1 Å². The summed E-state index contributed by atoms with van der Waals surface area (Å²) < 4.78 is 13.7. The van der Waals surface area contributed by atoms with Gasteiger partial charge in [0.15, 0.2) is 0 Å². The number of amides is 1. The summed E-state index contributed by atoms with van der Waals surface area (Å²) in [6, 6.07) is 19.5. The molecule has 1 amide bonds. The molecular weight excluding hydrogens is 506 g/mol. The fourth-order valence-electron chi connectivity index (χ4n) is 5.63. The smallest absolute Gasteiger partial charge is 0.251 e. The number of aryl methyl sites for hydroxylation is 2. The van der Waals surface area contributed by atoms with Gasteiger partial charge in [0, 0.05) is 23.4 Å². The van der Waals surface area contributed by atoms with Gasteiger partial charge in [0.1, 0.15) is 24.3 Å². The zero-order valence-corrected chi connectivity index (χ0v) is 22.4. The Morgan fingerprint density at radius 2 is 1.82 bits per heavy atom. The van der Waals surface area contributed by atoms with E-state index < -0.39 is 0 Å². The van der Waals surface area contributed by atoms with Crippen LogP contribution in [-0.2, 0) is 17.8 Å². The van der Waals surface area contributed by atoms with Crippen molar-refractivity contribution in [3.8, 4) is 5.75 Å². The summed E-state index contributed by atoms with van der Waals surface area (Å²) in [5.41, 5.74) is 16.8. The maximum Gasteiger partial charge on any atom is 0.251 e. The number of carbonyl (C=O) groups is 1. The van der Waals surface area contributed by atoms with Crippen molar-refractivity contribution < 1.29 is 14.3 Å². The summed E-state index contributed by atoms with van der Waals surface area (Å²) in [7, 11) is 1.56. The lowest BCUT2D eigenvalue weighted by Gasteiger charge is -2.19. The molecule has 6 rings (SSSR count). The first kappa shape index (κ1) is 25.4. The Morgan fingerprint density at radius 3 is 2.50 bits per heavy atom. The van der Waals surface area contributed by atoms with Crippen LogP contribution < -0.4 is 15.1 Å². The number of ether oxygens (including phenoxy) is 2. The van der Waals surface area contributed by atoms with Crippen LogP contribution in [0.3, 0.4) is 0 Å². The van der Waals surface area contributed by atoms with E-state index in [0.29, 0.717) is 29.1 Å². The molecule has 3 heterocycles. The Labute approximate surface area is 231 Å². The lowest BCUT2D eigenvalue weighted by atomic mass is 9.84. The average Bonchev–Trinajstić information content (AvgIpc) is 3.63. The van der Waals surface area contributed by atoms with E-state index in [1.807, 2.05) is 29.8 Å². The highest BCUT2D eigenvalue weighted by molar-refractivity contribution is 5.94. The molecule has 2 aliphatic heterocycles. The van der Waals surface area contributed by atoms with Crippen molar-refractivity contribution in [3.05, 3.63) is 111 Å². The van der Waals surface area contributed by atoms with Crippen LogP contribution in [0.4, 0.5) is 5.69 Å². The number of methoxy groups -OCH3 is 1. The first-order valence-corrected chi connectivity index (χ1v) is 13.0. The Bertz CT molecular complexity index is 1650. The molecule has 10 heteroatoms. The molecule has 4 aromatic rings. The normalized spacial score (nSPS) is 16.3. The second-order valence-corrected chi connectivity index (χ2v) is 10.0.